The summed E-state index contributed by atoms with van der Waals surface area (Å²) in [6.45, 7) is 6.60. The molecule has 1 fully saturated rings. The first-order chi connectivity index (χ1) is 11.8. The second kappa shape index (κ2) is 6.17. The zero-order chi connectivity index (χ0) is 18.2. The summed E-state index contributed by atoms with van der Waals surface area (Å²) < 4.78 is 5.08. The summed E-state index contributed by atoms with van der Waals surface area (Å²) in [7, 11) is 3.40. The van der Waals surface area contributed by atoms with Gasteiger partial charge >= 0.3 is 0 Å². The Morgan fingerprint density at radius 1 is 1.12 bits per heavy atom. The van der Waals surface area contributed by atoms with Gasteiger partial charge in [-0.15, -0.1) is 0 Å². The third-order valence-electron chi connectivity index (χ3n) is 5.08. The number of likely N-dealkylation sites (N-methyl/N-ethyl adjacent to an activating group) is 1. The summed E-state index contributed by atoms with van der Waals surface area (Å²) in [6, 6.07) is 12.2. The molecule has 0 spiro atoms. The summed E-state index contributed by atoms with van der Waals surface area (Å²) in [4.78, 5) is 19.0. The number of hydrogen-bond acceptors (Lipinski definition) is 3. The van der Waals surface area contributed by atoms with Crippen molar-refractivity contribution in [1.82, 2.24) is 4.98 Å². The van der Waals surface area contributed by atoms with Crippen molar-refractivity contribution < 1.29 is 9.53 Å². The van der Waals surface area contributed by atoms with Crippen LogP contribution in [0.15, 0.2) is 42.6 Å². The largest absolute Gasteiger partial charge is 0.481 e. The van der Waals surface area contributed by atoms with Crippen molar-refractivity contribution in [2.75, 3.05) is 19.1 Å². The van der Waals surface area contributed by atoms with Crippen LogP contribution in [0.4, 0.5) is 5.69 Å². The molecule has 0 N–H and O–H groups in total. The summed E-state index contributed by atoms with van der Waals surface area (Å²) in [5, 5.41) is 0. The lowest BCUT2D eigenvalue weighted by Crippen LogP contribution is -2.36. The van der Waals surface area contributed by atoms with E-state index < -0.39 is 0 Å². The number of benzene rings is 1. The van der Waals surface area contributed by atoms with Gasteiger partial charge in [-0.3, -0.25) is 4.79 Å². The number of methoxy groups -OCH3 is 1. The first-order valence-electron chi connectivity index (χ1n) is 8.67. The van der Waals surface area contributed by atoms with Crippen LogP contribution < -0.4 is 9.64 Å². The number of ether oxygens (including phenoxy) is 1. The van der Waals surface area contributed by atoms with Gasteiger partial charge in [-0.25, -0.2) is 4.98 Å². The monoisotopic (exact) mass is 338 g/mol. The molecule has 132 valence electrons. The van der Waals surface area contributed by atoms with Crippen molar-refractivity contribution in [2.45, 2.75) is 44.4 Å². The molecule has 1 aliphatic rings. The third kappa shape index (κ3) is 3.26. The molecule has 0 bridgehead atoms. The fraction of sp³-hybridized carbons (Fsp3) is 0.429. The molecule has 1 amide bonds. The van der Waals surface area contributed by atoms with Crippen LogP contribution in [0.3, 0.4) is 0 Å². The molecule has 25 heavy (non-hydrogen) atoms. The maximum Gasteiger partial charge on any atom is 0.237 e. The van der Waals surface area contributed by atoms with Gasteiger partial charge in [-0.2, -0.15) is 0 Å². The minimum Gasteiger partial charge on any atom is -0.481 e. The molecule has 4 nitrogen and oxygen atoms in total. The molecule has 1 aliphatic carbocycles. The molecule has 1 aromatic carbocycles. The minimum absolute atomic E-state index is 0.116. The molecule has 0 unspecified atom stereocenters. The van der Waals surface area contributed by atoms with E-state index in [-0.39, 0.29) is 16.7 Å². The third-order valence-corrected chi connectivity index (χ3v) is 5.08. The average Bonchev–Trinajstić information content (AvgIpc) is 3.42. The molecular formula is C21H26N2O2. The number of carbonyl (C=O) groups excluding carboxylic acids is 1. The van der Waals surface area contributed by atoms with Crippen molar-refractivity contribution in [3.63, 3.8) is 0 Å². The minimum atomic E-state index is -0.384. The Morgan fingerprint density at radius 2 is 1.76 bits per heavy atom. The van der Waals surface area contributed by atoms with Gasteiger partial charge in [0.15, 0.2) is 0 Å². The molecule has 3 rings (SSSR count). The van der Waals surface area contributed by atoms with Crippen LogP contribution in [0.25, 0.3) is 0 Å². The SMILES string of the molecule is COc1ccc(N(C)C(=O)C2(c3ccc(C(C)(C)C)cc3)CC2)cn1. The van der Waals surface area contributed by atoms with Crippen LogP contribution in [0.1, 0.15) is 44.7 Å². The highest BCUT2D eigenvalue weighted by atomic mass is 16.5. The number of anilines is 1. The maximum atomic E-state index is 13.1. The first-order valence-corrected chi connectivity index (χ1v) is 8.67. The quantitative estimate of drug-likeness (QED) is 0.843. The fourth-order valence-corrected chi connectivity index (χ4v) is 3.17. The van der Waals surface area contributed by atoms with Crippen molar-refractivity contribution in [3.05, 3.63) is 53.7 Å². The van der Waals surface area contributed by atoms with E-state index in [0.717, 1.165) is 24.1 Å². The molecule has 2 aromatic rings. The summed E-state index contributed by atoms with van der Waals surface area (Å²) in [6.07, 6.45) is 3.47. The Labute approximate surface area is 149 Å². The van der Waals surface area contributed by atoms with E-state index in [4.69, 9.17) is 4.74 Å². The van der Waals surface area contributed by atoms with Gasteiger partial charge in [0.1, 0.15) is 0 Å². The van der Waals surface area contributed by atoms with Crippen molar-refractivity contribution in [1.29, 1.82) is 0 Å². The normalized spacial score (nSPS) is 15.6. The number of pyridine rings is 1. The predicted octanol–water partition coefficient (Wildman–Crippen LogP) is 4.08. The number of rotatable bonds is 4. The zero-order valence-corrected chi connectivity index (χ0v) is 15.7. The van der Waals surface area contributed by atoms with Crippen LogP contribution in [0.2, 0.25) is 0 Å². The standard InChI is InChI=1S/C21H26N2O2/c1-20(2,3)15-6-8-16(9-7-15)21(12-13-21)19(24)23(4)17-10-11-18(25-5)22-14-17/h6-11,14H,12-13H2,1-5H3. The molecule has 1 saturated carbocycles. The number of nitrogens with zero attached hydrogens (tertiary/aromatic N) is 2. The van der Waals surface area contributed by atoms with E-state index in [0.29, 0.717) is 5.88 Å². The molecule has 1 heterocycles. The summed E-state index contributed by atoms with van der Waals surface area (Å²) in [5.41, 5.74) is 2.91. The average molecular weight is 338 g/mol. The maximum absolute atomic E-state index is 13.1. The Balaban J connectivity index is 1.83. The van der Waals surface area contributed by atoms with Gasteiger partial charge in [0, 0.05) is 13.1 Å². The van der Waals surface area contributed by atoms with Crippen LogP contribution in [0.5, 0.6) is 5.88 Å². The fourth-order valence-electron chi connectivity index (χ4n) is 3.17. The van der Waals surface area contributed by atoms with Gasteiger partial charge in [0.2, 0.25) is 11.8 Å². The smallest absolute Gasteiger partial charge is 0.237 e. The number of hydrogen-bond donors (Lipinski definition) is 0. The Morgan fingerprint density at radius 3 is 2.20 bits per heavy atom. The molecule has 4 heteroatoms. The van der Waals surface area contributed by atoms with E-state index in [9.17, 15) is 4.79 Å². The van der Waals surface area contributed by atoms with Crippen LogP contribution in [-0.2, 0) is 15.6 Å². The molecule has 0 aliphatic heterocycles. The second-order valence-corrected chi connectivity index (χ2v) is 7.83. The highest BCUT2D eigenvalue weighted by molar-refractivity contribution is 6.02. The van der Waals surface area contributed by atoms with Crippen LogP contribution >= 0.6 is 0 Å². The molecule has 0 saturated heterocycles. The Hall–Kier alpha value is -2.36. The molecule has 0 atom stereocenters. The van der Waals surface area contributed by atoms with Gasteiger partial charge in [-0.05, 0) is 35.4 Å². The lowest BCUT2D eigenvalue weighted by atomic mass is 9.84. The van der Waals surface area contributed by atoms with Gasteiger partial charge in [-0.1, -0.05) is 45.0 Å². The highest BCUT2D eigenvalue weighted by Gasteiger charge is 2.52. The molecule has 1 aromatic heterocycles. The van der Waals surface area contributed by atoms with Crippen molar-refractivity contribution >= 4 is 11.6 Å². The van der Waals surface area contributed by atoms with E-state index in [1.165, 1.54) is 5.56 Å². The predicted molar refractivity (Wildman–Crippen MR) is 100 cm³/mol. The number of amides is 1. The summed E-state index contributed by atoms with van der Waals surface area (Å²) >= 11 is 0. The number of aromatic nitrogens is 1. The molecular weight excluding hydrogens is 312 g/mol. The Bertz CT molecular complexity index is 754. The lowest BCUT2D eigenvalue weighted by molar-refractivity contribution is -0.120. The van der Waals surface area contributed by atoms with E-state index in [1.54, 1.807) is 24.3 Å². The van der Waals surface area contributed by atoms with Gasteiger partial charge in [0.25, 0.3) is 0 Å². The van der Waals surface area contributed by atoms with E-state index in [2.05, 4.69) is 50.0 Å². The van der Waals surface area contributed by atoms with Crippen LogP contribution in [-0.4, -0.2) is 25.0 Å². The lowest BCUT2D eigenvalue weighted by Gasteiger charge is -2.25. The van der Waals surface area contributed by atoms with E-state index in [1.807, 2.05) is 13.1 Å². The van der Waals surface area contributed by atoms with Gasteiger partial charge in [0.05, 0.1) is 24.4 Å². The van der Waals surface area contributed by atoms with Crippen LogP contribution in [0, 0.1) is 0 Å². The second-order valence-electron chi connectivity index (χ2n) is 7.83. The Kier molecular flexibility index (Phi) is 4.31. The first kappa shape index (κ1) is 17.5. The molecule has 0 radical (unpaired) electrons. The van der Waals surface area contributed by atoms with Crippen molar-refractivity contribution in [3.8, 4) is 5.88 Å². The van der Waals surface area contributed by atoms with Gasteiger partial charge < -0.3 is 9.64 Å². The highest BCUT2D eigenvalue weighted by Crippen LogP contribution is 2.50. The number of carbonyl (C=O) groups is 1. The summed E-state index contributed by atoms with van der Waals surface area (Å²) in [5.74, 6) is 0.673. The van der Waals surface area contributed by atoms with Crippen molar-refractivity contribution in [2.24, 2.45) is 0 Å². The van der Waals surface area contributed by atoms with E-state index >= 15 is 0 Å². The topological polar surface area (TPSA) is 42.4 Å². The zero-order valence-electron chi connectivity index (χ0n) is 15.7.